The predicted molar refractivity (Wildman–Crippen MR) is 76.4 cm³/mol. The molecule has 101 valence electrons. The molecular weight excluding hydrogens is 254 g/mol. The summed E-state index contributed by atoms with van der Waals surface area (Å²) in [5.41, 5.74) is 1.79. The summed E-state index contributed by atoms with van der Waals surface area (Å²) in [6.07, 6.45) is 1.83. The zero-order chi connectivity index (χ0) is 14.2. The lowest BCUT2D eigenvalue weighted by atomic mass is 10.2. The van der Waals surface area contributed by atoms with Crippen LogP contribution >= 0.6 is 0 Å². The second kappa shape index (κ2) is 7.09. The first-order valence-electron chi connectivity index (χ1n) is 6.24. The maximum atomic E-state index is 11.6. The van der Waals surface area contributed by atoms with Crippen LogP contribution < -0.4 is 5.32 Å². The molecule has 0 unspecified atom stereocenters. The molecule has 1 radical (unpaired) electrons. The van der Waals surface area contributed by atoms with Gasteiger partial charge in [-0.1, -0.05) is 42.5 Å². The van der Waals surface area contributed by atoms with Crippen molar-refractivity contribution in [2.24, 2.45) is 0 Å². The van der Waals surface area contributed by atoms with Gasteiger partial charge in [-0.2, -0.15) is 0 Å². The fourth-order valence-corrected chi connectivity index (χ4v) is 1.73. The summed E-state index contributed by atoms with van der Waals surface area (Å²) in [6.45, 7) is 0.281. The minimum atomic E-state index is -0.580. The van der Waals surface area contributed by atoms with E-state index >= 15 is 0 Å². The number of carbonyl (C=O) groups excluding carboxylic acids is 2. The number of carbonyl (C=O) groups is 1. The Bertz CT molecular complexity index is 581. The molecule has 1 N–H and O–H groups in total. The molecular formula is C16H14NO3. The lowest BCUT2D eigenvalue weighted by molar-refractivity contribution is 0.163. The Balaban J connectivity index is 1.82. The van der Waals surface area contributed by atoms with Crippen molar-refractivity contribution < 1.29 is 14.3 Å². The smallest absolute Gasteiger partial charge is 0.411 e. The van der Waals surface area contributed by atoms with E-state index in [9.17, 15) is 9.59 Å². The van der Waals surface area contributed by atoms with E-state index in [1.807, 2.05) is 30.3 Å². The van der Waals surface area contributed by atoms with Gasteiger partial charge in [-0.05, 0) is 17.7 Å². The van der Waals surface area contributed by atoms with Crippen LogP contribution in [-0.4, -0.2) is 19.0 Å². The fraction of sp³-hybridized carbons (Fsp3) is 0.125. The lowest BCUT2D eigenvalue weighted by Crippen LogP contribution is -2.16. The molecule has 0 atom stereocenters. The van der Waals surface area contributed by atoms with Crippen molar-refractivity contribution in [2.75, 3.05) is 11.9 Å². The van der Waals surface area contributed by atoms with Gasteiger partial charge in [0.1, 0.15) is 0 Å². The van der Waals surface area contributed by atoms with Crippen molar-refractivity contribution in [2.45, 2.75) is 6.42 Å². The van der Waals surface area contributed by atoms with E-state index in [1.165, 1.54) is 0 Å². The zero-order valence-electron chi connectivity index (χ0n) is 10.8. The van der Waals surface area contributed by atoms with E-state index < -0.39 is 6.09 Å². The van der Waals surface area contributed by atoms with E-state index in [4.69, 9.17) is 4.74 Å². The Morgan fingerprint density at radius 3 is 2.50 bits per heavy atom. The van der Waals surface area contributed by atoms with Crippen molar-refractivity contribution in [1.82, 2.24) is 0 Å². The molecule has 0 aliphatic rings. The average molecular weight is 268 g/mol. The maximum absolute atomic E-state index is 11.6. The molecule has 20 heavy (non-hydrogen) atoms. The Morgan fingerprint density at radius 1 is 1.05 bits per heavy atom. The molecule has 0 bridgehead atoms. The number of anilines is 1. The first-order valence-corrected chi connectivity index (χ1v) is 6.24. The molecule has 4 nitrogen and oxygen atoms in total. The highest BCUT2D eigenvalue weighted by molar-refractivity contribution is 5.93. The third-order valence-corrected chi connectivity index (χ3v) is 2.74. The minimum absolute atomic E-state index is 0.281. The van der Waals surface area contributed by atoms with Gasteiger partial charge in [0.2, 0.25) is 6.29 Å². The van der Waals surface area contributed by atoms with E-state index in [1.54, 1.807) is 30.6 Å². The molecule has 0 aliphatic carbocycles. The number of benzene rings is 2. The first kappa shape index (κ1) is 13.8. The van der Waals surface area contributed by atoms with E-state index in [2.05, 4.69) is 5.32 Å². The van der Waals surface area contributed by atoms with Crippen molar-refractivity contribution in [3.05, 3.63) is 65.7 Å². The number of rotatable bonds is 5. The van der Waals surface area contributed by atoms with Gasteiger partial charge in [-0.25, -0.2) is 4.79 Å². The van der Waals surface area contributed by atoms with E-state index in [-0.39, 0.29) is 6.61 Å². The number of amides is 1. The molecule has 2 aromatic rings. The van der Waals surface area contributed by atoms with Crippen LogP contribution in [0.15, 0.2) is 54.6 Å². The number of hydrogen-bond acceptors (Lipinski definition) is 3. The van der Waals surface area contributed by atoms with Crippen LogP contribution in [0.3, 0.4) is 0 Å². The van der Waals surface area contributed by atoms with Gasteiger partial charge in [-0.15, -0.1) is 0 Å². The summed E-state index contributed by atoms with van der Waals surface area (Å²) >= 11 is 0. The van der Waals surface area contributed by atoms with Crippen LogP contribution in [0.1, 0.15) is 11.1 Å². The first-order chi connectivity index (χ1) is 9.79. The monoisotopic (exact) mass is 268 g/mol. The third-order valence-electron chi connectivity index (χ3n) is 2.74. The maximum Gasteiger partial charge on any atom is 0.411 e. The van der Waals surface area contributed by atoms with Crippen LogP contribution in [0.2, 0.25) is 0 Å². The predicted octanol–water partition coefficient (Wildman–Crippen LogP) is 2.94. The van der Waals surface area contributed by atoms with Gasteiger partial charge in [0.15, 0.2) is 0 Å². The quantitative estimate of drug-likeness (QED) is 0.907. The summed E-state index contributed by atoms with van der Waals surface area (Å²) in [7, 11) is 0. The molecule has 0 fully saturated rings. The van der Waals surface area contributed by atoms with Gasteiger partial charge >= 0.3 is 6.09 Å². The van der Waals surface area contributed by atoms with Gasteiger partial charge in [-0.3, -0.25) is 10.1 Å². The highest BCUT2D eigenvalue weighted by Crippen LogP contribution is 2.12. The highest BCUT2D eigenvalue weighted by Gasteiger charge is 2.07. The Morgan fingerprint density at radius 2 is 1.75 bits per heavy atom. The Hall–Kier alpha value is -2.62. The fourth-order valence-electron chi connectivity index (χ4n) is 1.73. The van der Waals surface area contributed by atoms with Gasteiger partial charge in [0.25, 0.3) is 0 Å². The normalized spacial score (nSPS) is 9.80. The summed E-state index contributed by atoms with van der Waals surface area (Å²) in [5.74, 6) is 0. The highest BCUT2D eigenvalue weighted by atomic mass is 16.5. The van der Waals surface area contributed by atoms with Crippen molar-refractivity contribution >= 4 is 18.1 Å². The molecule has 0 saturated heterocycles. The number of hydrogen-bond donors (Lipinski definition) is 1. The Kier molecular flexibility index (Phi) is 4.89. The zero-order valence-corrected chi connectivity index (χ0v) is 10.8. The van der Waals surface area contributed by atoms with Crippen LogP contribution in [-0.2, 0) is 16.0 Å². The van der Waals surface area contributed by atoms with Crippen LogP contribution in [0, 0.1) is 0 Å². The SMILES string of the molecule is O=[C]c1ccccc1NC(=O)OCCc1ccccc1. The molecule has 0 heterocycles. The number of nitrogens with one attached hydrogen (secondary N) is 1. The average Bonchev–Trinajstić information content (AvgIpc) is 2.49. The van der Waals surface area contributed by atoms with Crippen molar-refractivity contribution in [3.63, 3.8) is 0 Å². The van der Waals surface area contributed by atoms with Crippen LogP contribution in [0.4, 0.5) is 10.5 Å². The van der Waals surface area contributed by atoms with Crippen molar-refractivity contribution in [1.29, 1.82) is 0 Å². The molecule has 0 spiro atoms. The standard InChI is InChI=1S/C16H14NO3/c18-12-14-8-4-5-9-15(14)17-16(19)20-11-10-13-6-2-1-3-7-13/h1-9H,10-11H2,(H,17,19). The minimum Gasteiger partial charge on any atom is -0.449 e. The number of ether oxygens (including phenoxy) is 1. The van der Waals surface area contributed by atoms with Crippen LogP contribution in [0.25, 0.3) is 0 Å². The van der Waals surface area contributed by atoms with Gasteiger partial charge in [0, 0.05) is 12.0 Å². The lowest BCUT2D eigenvalue weighted by Gasteiger charge is -2.08. The second-order valence-corrected chi connectivity index (χ2v) is 4.14. The summed E-state index contributed by atoms with van der Waals surface area (Å²) in [5, 5.41) is 2.52. The largest absolute Gasteiger partial charge is 0.449 e. The summed E-state index contributed by atoms with van der Waals surface area (Å²) in [4.78, 5) is 22.3. The van der Waals surface area contributed by atoms with Gasteiger partial charge in [0.05, 0.1) is 12.3 Å². The van der Waals surface area contributed by atoms with Crippen LogP contribution in [0.5, 0.6) is 0 Å². The Labute approximate surface area is 117 Å². The third kappa shape index (κ3) is 3.95. The second-order valence-electron chi connectivity index (χ2n) is 4.14. The molecule has 0 saturated carbocycles. The topological polar surface area (TPSA) is 55.4 Å². The van der Waals surface area contributed by atoms with E-state index in [0.29, 0.717) is 17.7 Å². The molecule has 0 aliphatic heterocycles. The molecule has 4 heteroatoms. The number of para-hydroxylation sites is 1. The summed E-state index contributed by atoms with van der Waals surface area (Å²) in [6, 6.07) is 16.4. The molecule has 1 amide bonds. The van der Waals surface area contributed by atoms with E-state index in [0.717, 1.165) is 5.56 Å². The van der Waals surface area contributed by atoms with Gasteiger partial charge < -0.3 is 4.74 Å². The molecule has 2 rings (SSSR count). The van der Waals surface area contributed by atoms with Crippen molar-refractivity contribution in [3.8, 4) is 0 Å². The molecule has 2 aromatic carbocycles. The molecule has 0 aromatic heterocycles. The summed E-state index contributed by atoms with van der Waals surface area (Å²) < 4.78 is 5.07.